The van der Waals surface area contributed by atoms with Crippen molar-refractivity contribution in [2.24, 2.45) is 5.41 Å². The van der Waals surface area contributed by atoms with Crippen LogP contribution in [-0.2, 0) is 9.53 Å². The molecule has 0 bridgehead atoms. The Kier molecular flexibility index (Phi) is 4.74. The van der Waals surface area contributed by atoms with Gasteiger partial charge in [-0.25, -0.2) is 0 Å². The van der Waals surface area contributed by atoms with Gasteiger partial charge in [-0.3, -0.25) is 9.69 Å². The fraction of sp³-hybridized carbons (Fsp3) is 0.909. The molecule has 4 nitrogen and oxygen atoms in total. The Morgan fingerprint density at radius 1 is 1.33 bits per heavy atom. The van der Waals surface area contributed by atoms with Gasteiger partial charge in [-0.2, -0.15) is 0 Å². The van der Waals surface area contributed by atoms with Crippen molar-refractivity contribution in [3.05, 3.63) is 0 Å². The van der Waals surface area contributed by atoms with Gasteiger partial charge >= 0.3 is 5.97 Å². The molecule has 0 radical (unpaired) electrons. The van der Waals surface area contributed by atoms with Crippen LogP contribution < -0.4 is 0 Å². The van der Waals surface area contributed by atoms with Crippen LogP contribution in [0.25, 0.3) is 0 Å². The maximum atomic E-state index is 11.5. The number of aliphatic hydroxyl groups excluding tert-OH is 1. The number of ether oxygens (including phenoxy) is 1. The Hall–Kier alpha value is -0.610. The third-order valence-corrected chi connectivity index (χ3v) is 2.79. The number of hydrogen-bond donors (Lipinski definition) is 1. The highest BCUT2D eigenvalue weighted by Gasteiger charge is 2.34. The SMILES string of the molecule is COC(=O)C(C)(C)CN(C)C(C)(C)CO. The van der Waals surface area contributed by atoms with Crippen molar-refractivity contribution in [2.45, 2.75) is 33.2 Å². The molecule has 0 aliphatic heterocycles. The molecular weight excluding hydrogens is 194 g/mol. The largest absolute Gasteiger partial charge is 0.469 e. The van der Waals surface area contributed by atoms with E-state index in [1.54, 1.807) is 0 Å². The molecule has 0 unspecified atom stereocenters. The second-order valence-electron chi connectivity index (χ2n) is 5.20. The summed E-state index contributed by atoms with van der Waals surface area (Å²) in [7, 11) is 3.28. The summed E-state index contributed by atoms with van der Waals surface area (Å²) in [5, 5.41) is 9.20. The van der Waals surface area contributed by atoms with E-state index in [0.717, 1.165) is 0 Å². The van der Waals surface area contributed by atoms with Crippen LogP contribution in [0.1, 0.15) is 27.7 Å². The molecule has 0 aromatic carbocycles. The van der Waals surface area contributed by atoms with Crippen LogP contribution in [0.15, 0.2) is 0 Å². The molecule has 0 rings (SSSR count). The van der Waals surface area contributed by atoms with Gasteiger partial charge in [0.2, 0.25) is 0 Å². The smallest absolute Gasteiger partial charge is 0.312 e. The summed E-state index contributed by atoms with van der Waals surface area (Å²) in [6.45, 7) is 8.14. The average molecular weight is 217 g/mol. The van der Waals surface area contributed by atoms with Crippen molar-refractivity contribution in [1.82, 2.24) is 4.90 Å². The number of carbonyl (C=O) groups is 1. The van der Waals surface area contributed by atoms with Crippen LogP contribution in [0.4, 0.5) is 0 Å². The number of esters is 1. The van der Waals surface area contributed by atoms with Crippen molar-refractivity contribution >= 4 is 5.97 Å². The first-order valence-electron chi connectivity index (χ1n) is 5.08. The topological polar surface area (TPSA) is 49.8 Å². The summed E-state index contributed by atoms with van der Waals surface area (Å²) >= 11 is 0. The molecule has 0 aromatic rings. The zero-order valence-corrected chi connectivity index (χ0v) is 10.6. The van der Waals surface area contributed by atoms with E-state index in [4.69, 9.17) is 4.74 Å². The molecule has 15 heavy (non-hydrogen) atoms. The second-order valence-corrected chi connectivity index (χ2v) is 5.20. The van der Waals surface area contributed by atoms with Crippen LogP contribution in [0.2, 0.25) is 0 Å². The van der Waals surface area contributed by atoms with Crippen molar-refractivity contribution < 1.29 is 14.6 Å². The van der Waals surface area contributed by atoms with Crippen molar-refractivity contribution in [2.75, 3.05) is 27.3 Å². The second kappa shape index (κ2) is 4.94. The molecule has 0 saturated heterocycles. The van der Waals surface area contributed by atoms with Gasteiger partial charge in [0.1, 0.15) is 0 Å². The predicted octanol–water partition coefficient (Wildman–Crippen LogP) is 0.888. The predicted molar refractivity (Wildman–Crippen MR) is 59.6 cm³/mol. The van der Waals surface area contributed by atoms with Gasteiger partial charge in [-0.15, -0.1) is 0 Å². The summed E-state index contributed by atoms with van der Waals surface area (Å²) in [6.07, 6.45) is 0. The lowest BCUT2D eigenvalue weighted by molar-refractivity contribution is -0.152. The van der Waals surface area contributed by atoms with Crippen molar-refractivity contribution in [1.29, 1.82) is 0 Å². The first-order chi connectivity index (χ1) is 6.67. The normalized spacial score (nSPS) is 13.1. The number of methoxy groups -OCH3 is 1. The molecule has 0 aromatic heterocycles. The molecule has 4 heteroatoms. The maximum Gasteiger partial charge on any atom is 0.312 e. The van der Waals surface area contributed by atoms with Crippen LogP contribution in [0.5, 0.6) is 0 Å². The lowest BCUT2D eigenvalue weighted by Gasteiger charge is -2.38. The van der Waals surface area contributed by atoms with Crippen LogP contribution >= 0.6 is 0 Å². The first kappa shape index (κ1) is 14.4. The standard InChI is InChI=1S/C11H23NO3/c1-10(2,9(14)15-6)7-12(5)11(3,4)8-13/h13H,7-8H2,1-6H3. The van der Waals surface area contributed by atoms with Gasteiger partial charge in [-0.05, 0) is 34.7 Å². The summed E-state index contributed by atoms with van der Waals surface area (Å²) in [4.78, 5) is 13.4. The van der Waals surface area contributed by atoms with E-state index in [1.165, 1.54) is 7.11 Å². The third kappa shape index (κ3) is 3.80. The minimum atomic E-state index is -0.560. The van der Waals surface area contributed by atoms with E-state index in [1.807, 2.05) is 39.6 Å². The van der Waals surface area contributed by atoms with Gasteiger partial charge in [0.05, 0.1) is 19.1 Å². The highest BCUT2D eigenvalue weighted by molar-refractivity contribution is 5.76. The number of aliphatic hydroxyl groups is 1. The molecule has 0 atom stereocenters. The lowest BCUT2D eigenvalue weighted by Crippen LogP contribution is -2.50. The molecule has 0 aliphatic carbocycles. The lowest BCUT2D eigenvalue weighted by atomic mass is 9.91. The molecular formula is C11H23NO3. The Morgan fingerprint density at radius 3 is 2.13 bits per heavy atom. The number of rotatable bonds is 5. The third-order valence-electron chi connectivity index (χ3n) is 2.79. The quantitative estimate of drug-likeness (QED) is 0.695. The number of carbonyl (C=O) groups excluding carboxylic acids is 1. The van der Waals surface area contributed by atoms with Gasteiger partial charge in [0.25, 0.3) is 0 Å². The Balaban J connectivity index is 4.53. The van der Waals surface area contributed by atoms with Crippen LogP contribution in [0.3, 0.4) is 0 Å². The Bertz CT molecular complexity index is 224. The summed E-state index contributed by atoms with van der Waals surface area (Å²) in [5.74, 6) is -0.233. The Labute approximate surface area is 92.2 Å². The zero-order chi connectivity index (χ0) is 12.3. The van der Waals surface area contributed by atoms with E-state index in [9.17, 15) is 9.90 Å². The fourth-order valence-electron chi connectivity index (χ4n) is 1.27. The fourth-order valence-corrected chi connectivity index (χ4v) is 1.27. The van der Waals surface area contributed by atoms with Crippen molar-refractivity contribution in [3.63, 3.8) is 0 Å². The zero-order valence-electron chi connectivity index (χ0n) is 10.6. The maximum absolute atomic E-state index is 11.5. The van der Waals surface area contributed by atoms with Gasteiger partial charge in [0, 0.05) is 12.1 Å². The van der Waals surface area contributed by atoms with E-state index in [0.29, 0.717) is 6.54 Å². The van der Waals surface area contributed by atoms with Gasteiger partial charge in [0.15, 0.2) is 0 Å². The van der Waals surface area contributed by atoms with E-state index >= 15 is 0 Å². The molecule has 0 saturated carbocycles. The molecule has 90 valence electrons. The monoisotopic (exact) mass is 217 g/mol. The van der Waals surface area contributed by atoms with Crippen LogP contribution in [0, 0.1) is 5.41 Å². The molecule has 0 spiro atoms. The molecule has 0 aliphatic rings. The number of likely N-dealkylation sites (N-methyl/N-ethyl adjacent to an activating group) is 1. The summed E-state index contributed by atoms with van der Waals surface area (Å²) in [5.41, 5.74) is -0.888. The number of nitrogens with zero attached hydrogens (tertiary/aromatic N) is 1. The van der Waals surface area contributed by atoms with Crippen molar-refractivity contribution in [3.8, 4) is 0 Å². The highest BCUT2D eigenvalue weighted by atomic mass is 16.5. The molecule has 0 heterocycles. The van der Waals surface area contributed by atoms with E-state index in [2.05, 4.69) is 0 Å². The van der Waals surface area contributed by atoms with E-state index in [-0.39, 0.29) is 18.1 Å². The average Bonchev–Trinajstić information content (AvgIpc) is 2.15. The molecule has 0 amide bonds. The number of hydrogen-bond acceptors (Lipinski definition) is 4. The van der Waals surface area contributed by atoms with E-state index < -0.39 is 5.41 Å². The summed E-state index contributed by atoms with van der Waals surface area (Å²) < 4.78 is 4.73. The molecule has 1 N–H and O–H groups in total. The first-order valence-corrected chi connectivity index (χ1v) is 5.08. The molecule has 0 fully saturated rings. The van der Waals surface area contributed by atoms with Gasteiger partial charge < -0.3 is 9.84 Å². The summed E-state index contributed by atoms with van der Waals surface area (Å²) in [6, 6.07) is 0. The van der Waals surface area contributed by atoms with Gasteiger partial charge in [-0.1, -0.05) is 0 Å². The van der Waals surface area contributed by atoms with Crippen LogP contribution in [-0.4, -0.2) is 48.8 Å². The minimum absolute atomic E-state index is 0.0563. The Morgan fingerprint density at radius 2 is 1.80 bits per heavy atom. The highest BCUT2D eigenvalue weighted by Crippen LogP contribution is 2.22. The minimum Gasteiger partial charge on any atom is -0.469 e.